The van der Waals surface area contributed by atoms with Crippen LogP contribution in [0.15, 0.2) is 91.0 Å². The number of hydrogen-bond donors (Lipinski definition) is 0. The maximum atomic E-state index is 9.56. The van der Waals surface area contributed by atoms with Gasteiger partial charge in [-0.2, -0.15) is 5.26 Å². The lowest BCUT2D eigenvalue weighted by molar-refractivity contribution is 0.0780. The summed E-state index contributed by atoms with van der Waals surface area (Å²) >= 11 is 0. The van der Waals surface area contributed by atoms with Gasteiger partial charge in [-0.25, -0.2) is 15.0 Å². The van der Waals surface area contributed by atoms with Gasteiger partial charge in [0.2, 0.25) is 0 Å². The van der Waals surface area contributed by atoms with Gasteiger partial charge in [0, 0.05) is 22.1 Å². The summed E-state index contributed by atoms with van der Waals surface area (Å²) in [5.41, 5.74) is 9.99. The lowest BCUT2D eigenvalue weighted by atomic mass is 9.54. The first-order valence-electron chi connectivity index (χ1n) is 16.8. The van der Waals surface area contributed by atoms with Gasteiger partial charge in [-0.3, -0.25) is 0 Å². The highest BCUT2D eigenvalue weighted by Crippen LogP contribution is 2.54. The molecule has 4 nitrogen and oxygen atoms in total. The maximum absolute atomic E-state index is 9.56. The molecule has 8 rings (SSSR count). The number of fused-ring (bicyclic) bond motifs is 5. The maximum Gasteiger partial charge on any atom is 0.164 e. The monoisotopic (exact) mass is 600 g/mol. The van der Waals surface area contributed by atoms with E-state index in [0.29, 0.717) is 28.5 Å². The molecule has 1 heterocycles. The molecule has 0 amide bonds. The van der Waals surface area contributed by atoms with Crippen molar-refractivity contribution in [1.82, 2.24) is 15.0 Å². The van der Waals surface area contributed by atoms with Crippen molar-refractivity contribution in [2.24, 2.45) is 17.8 Å². The molecule has 0 spiro atoms. The van der Waals surface area contributed by atoms with E-state index >= 15 is 0 Å². The minimum Gasteiger partial charge on any atom is -0.208 e. The Morgan fingerprint density at radius 3 is 1.80 bits per heavy atom. The van der Waals surface area contributed by atoms with Crippen molar-refractivity contribution in [3.8, 4) is 51.4 Å². The Morgan fingerprint density at radius 1 is 0.630 bits per heavy atom. The van der Waals surface area contributed by atoms with Crippen LogP contribution in [0.25, 0.3) is 45.3 Å². The molecule has 2 fully saturated rings. The molecule has 2 bridgehead atoms. The molecule has 3 aliphatic carbocycles. The van der Waals surface area contributed by atoms with E-state index in [-0.39, 0.29) is 5.41 Å². The molecule has 0 N–H and O–H groups in total. The highest BCUT2D eigenvalue weighted by molar-refractivity contribution is 5.83. The zero-order valence-corrected chi connectivity index (χ0v) is 27.2. The molecule has 0 saturated heterocycles. The molecule has 5 aromatic rings. The predicted octanol–water partition coefficient (Wildman–Crippen LogP) is 10.2. The van der Waals surface area contributed by atoms with E-state index < -0.39 is 0 Å². The van der Waals surface area contributed by atoms with Crippen molar-refractivity contribution >= 4 is 0 Å². The normalized spacial score (nSPS) is 24.1. The second-order valence-corrected chi connectivity index (χ2v) is 14.9. The Kier molecular flexibility index (Phi) is 6.73. The summed E-state index contributed by atoms with van der Waals surface area (Å²) in [6.45, 7) is 9.37. The first kappa shape index (κ1) is 28.8. The zero-order valence-electron chi connectivity index (χ0n) is 27.2. The van der Waals surface area contributed by atoms with E-state index in [2.05, 4.69) is 94.4 Å². The largest absolute Gasteiger partial charge is 0.208 e. The lowest BCUT2D eigenvalue weighted by Crippen LogP contribution is -2.42. The minimum absolute atomic E-state index is 0.243. The Balaban J connectivity index is 1.21. The summed E-state index contributed by atoms with van der Waals surface area (Å²) < 4.78 is 0. The number of benzene rings is 4. The molecule has 2 unspecified atom stereocenters. The summed E-state index contributed by atoms with van der Waals surface area (Å²) in [4.78, 5) is 15.2. The van der Waals surface area contributed by atoms with Crippen LogP contribution in [0, 0.1) is 29.1 Å². The van der Waals surface area contributed by atoms with Gasteiger partial charge in [0.1, 0.15) is 0 Å². The minimum atomic E-state index is -0.243. The van der Waals surface area contributed by atoms with Gasteiger partial charge >= 0.3 is 0 Å². The van der Waals surface area contributed by atoms with Crippen LogP contribution in [0.4, 0.5) is 0 Å². The van der Waals surface area contributed by atoms with Gasteiger partial charge in [0.05, 0.1) is 11.6 Å². The fourth-order valence-corrected chi connectivity index (χ4v) is 9.33. The van der Waals surface area contributed by atoms with Crippen LogP contribution in [0.5, 0.6) is 0 Å². The van der Waals surface area contributed by atoms with Crippen molar-refractivity contribution < 1.29 is 0 Å². The van der Waals surface area contributed by atoms with Crippen LogP contribution in [-0.2, 0) is 10.8 Å². The van der Waals surface area contributed by atoms with Crippen molar-refractivity contribution in [1.29, 1.82) is 5.26 Å². The Bertz CT molecular complexity index is 1980. The standard InChI is InChI=1S/C42H40N4/c1-26-18-29-19-27(2)23-42(22-26,24-29)33-14-11-31(12-15-33)39-44-38(30-8-6-5-7-9-30)45-40(46-39)32-13-17-35-34-16-10-28(25-43)20-36(34)41(3,4)37(35)21-32/h5-17,20-21,26-27,29H,18-19,22-24H2,1-4H3/t26-,27+,29?,42?. The van der Waals surface area contributed by atoms with Crippen LogP contribution in [0.1, 0.15) is 82.1 Å². The third kappa shape index (κ3) is 4.76. The summed E-state index contributed by atoms with van der Waals surface area (Å²) in [7, 11) is 0. The molecule has 1 aromatic heterocycles. The molecule has 46 heavy (non-hydrogen) atoms. The Morgan fingerprint density at radius 2 is 1.17 bits per heavy atom. The number of nitrogens with zero attached hydrogens (tertiary/aromatic N) is 4. The fourth-order valence-electron chi connectivity index (χ4n) is 9.33. The van der Waals surface area contributed by atoms with Crippen LogP contribution >= 0.6 is 0 Å². The average molecular weight is 601 g/mol. The lowest BCUT2D eigenvalue weighted by Gasteiger charge is -2.50. The van der Waals surface area contributed by atoms with Gasteiger partial charge in [-0.05, 0) is 101 Å². The Hall–Kier alpha value is -4.62. The van der Waals surface area contributed by atoms with Gasteiger partial charge in [0.25, 0.3) is 0 Å². The third-order valence-electron chi connectivity index (χ3n) is 11.1. The number of hydrogen-bond acceptors (Lipinski definition) is 4. The molecular weight excluding hydrogens is 560 g/mol. The average Bonchev–Trinajstić information content (AvgIpc) is 3.29. The number of nitriles is 1. The van der Waals surface area contributed by atoms with Gasteiger partial charge < -0.3 is 0 Å². The molecule has 228 valence electrons. The molecule has 2 saturated carbocycles. The van der Waals surface area contributed by atoms with Crippen molar-refractivity contribution in [2.45, 2.75) is 70.6 Å². The van der Waals surface area contributed by atoms with Crippen LogP contribution < -0.4 is 0 Å². The quantitative estimate of drug-likeness (QED) is 0.206. The van der Waals surface area contributed by atoms with Gasteiger partial charge in [-0.1, -0.05) is 100 Å². The van der Waals surface area contributed by atoms with Crippen LogP contribution in [0.2, 0.25) is 0 Å². The number of aromatic nitrogens is 3. The molecule has 3 aliphatic rings. The molecule has 0 radical (unpaired) electrons. The van der Waals surface area contributed by atoms with Crippen molar-refractivity contribution in [3.63, 3.8) is 0 Å². The van der Waals surface area contributed by atoms with E-state index in [4.69, 9.17) is 15.0 Å². The smallest absolute Gasteiger partial charge is 0.164 e. The third-order valence-corrected chi connectivity index (χ3v) is 11.1. The summed E-state index contributed by atoms with van der Waals surface area (Å²) in [6.07, 6.45) is 6.67. The van der Waals surface area contributed by atoms with E-state index in [0.717, 1.165) is 34.4 Å². The molecular formula is C42H40N4. The summed E-state index contributed by atoms with van der Waals surface area (Å²) in [5, 5.41) is 9.56. The first-order chi connectivity index (χ1) is 22.2. The van der Waals surface area contributed by atoms with Crippen molar-refractivity contribution in [3.05, 3.63) is 113 Å². The first-order valence-corrected chi connectivity index (χ1v) is 16.8. The molecule has 4 atom stereocenters. The highest BCUT2D eigenvalue weighted by Gasteiger charge is 2.45. The van der Waals surface area contributed by atoms with Crippen LogP contribution in [0.3, 0.4) is 0 Å². The number of rotatable bonds is 4. The van der Waals surface area contributed by atoms with E-state index in [1.165, 1.54) is 59.9 Å². The topological polar surface area (TPSA) is 62.5 Å². The van der Waals surface area contributed by atoms with E-state index in [1.54, 1.807) is 0 Å². The van der Waals surface area contributed by atoms with Gasteiger partial charge in [-0.15, -0.1) is 0 Å². The Labute approximate surface area is 272 Å². The predicted molar refractivity (Wildman–Crippen MR) is 185 cm³/mol. The van der Waals surface area contributed by atoms with Gasteiger partial charge in [0.15, 0.2) is 17.5 Å². The van der Waals surface area contributed by atoms with E-state index in [1.807, 2.05) is 30.3 Å². The van der Waals surface area contributed by atoms with E-state index in [9.17, 15) is 5.26 Å². The molecule has 4 aromatic carbocycles. The zero-order chi connectivity index (χ0) is 31.6. The van der Waals surface area contributed by atoms with Crippen molar-refractivity contribution in [2.75, 3.05) is 0 Å². The fraction of sp³-hybridized carbons (Fsp3) is 0.333. The highest BCUT2D eigenvalue weighted by atomic mass is 15.0. The molecule has 0 aliphatic heterocycles. The second kappa shape index (κ2) is 10.7. The summed E-state index contributed by atoms with van der Waals surface area (Å²) in [5.74, 6) is 4.46. The second-order valence-electron chi connectivity index (χ2n) is 14.9. The molecule has 4 heteroatoms. The van der Waals surface area contributed by atoms with Crippen LogP contribution in [-0.4, -0.2) is 15.0 Å². The SMILES string of the molecule is C[C@@H]1CC2C[C@H](C)CC(c3ccc(-c4nc(-c5ccccc5)nc(-c5ccc6c(c5)C(C)(C)c5cc(C#N)ccc5-6)n4)cc3)(C2)C1. The summed E-state index contributed by atoms with van der Waals surface area (Å²) in [6, 6.07) is 34.3.